The number of carbonyl (C=O) groups excluding carboxylic acids is 1. The van der Waals surface area contributed by atoms with Crippen molar-refractivity contribution >= 4 is 5.91 Å². The highest BCUT2D eigenvalue weighted by Crippen LogP contribution is 2.37. The number of aryl methyl sites for hydroxylation is 1. The lowest BCUT2D eigenvalue weighted by molar-refractivity contribution is -0.143. The number of hydrogen-bond acceptors (Lipinski definition) is 2. The van der Waals surface area contributed by atoms with Crippen molar-refractivity contribution in [1.29, 1.82) is 0 Å². The molecule has 0 aromatic heterocycles. The first kappa shape index (κ1) is 24.1. The molecule has 1 N–H and O–H groups in total. The Balaban J connectivity index is 1.86. The Hall–Kier alpha value is -2.55. The highest BCUT2D eigenvalue weighted by molar-refractivity contribution is 5.80. The van der Waals surface area contributed by atoms with E-state index < -0.39 is 29.4 Å². The minimum atomic E-state index is -4.93. The van der Waals surface area contributed by atoms with E-state index in [2.05, 4.69) is 5.32 Å². The van der Waals surface area contributed by atoms with E-state index >= 15 is 0 Å². The maximum atomic E-state index is 13.2. The number of amides is 1. The topological polar surface area (TPSA) is 32.3 Å². The molecule has 0 saturated carbocycles. The molecule has 2 aromatic rings. The highest BCUT2D eigenvalue weighted by atomic mass is 19.4. The van der Waals surface area contributed by atoms with Crippen molar-refractivity contribution in [3.63, 3.8) is 0 Å². The molecule has 1 saturated heterocycles. The standard InChI is InChI=1S/C23H24F6N2O/c1-14-5-3-4-6-18(14)20-12-30-8-7-19(20)21(32)31(2)13-15-9-16(22(24,25)26)11-17(10-15)23(27,28)29/h3-6,9-11,19-20,30H,7-8,12-13H2,1-2H3/t19-,20+/m0/s1. The van der Waals surface area contributed by atoms with Crippen LogP contribution in [0.5, 0.6) is 0 Å². The zero-order valence-corrected chi connectivity index (χ0v) is 17.6. The average Bonchev–Trinajstić information content (AvgIpc) is 2.72. The maximum absolute atomic E-state index is 13.2. The van der Waals surface area contributed by atoms with Gasteiger partial charge >= 0.3 is 12.4 Å². The van der Waals surface area contributed by atoms with E-state index in [9.17, 15) is 31.1 Å². The molecule has 0 spiro atoms. The predicted molar refractivity (Wildman–Crippen MR) is 108 cm³/mol. The molecule has 0 radical (unpaired) electrons. The van der Waals surface area contributed by atoms with Gasteiger partial charge in [0.05, 0.1) is 11.1 Å². The maximum Gasteiger partial charge on any atom is 0.416 e. The van der Waals surface area contributed by atoms with Crippen molar-refractivity contribution < 1.29 is 31.1 Å². The summed E-state index contributed by atoms with van der Waals surface area (Å²) in [6, 6.07) is 9.08. The zero-order chi connectivity index (χ0) is 23.7. The number of piperidine rings is 1. The molecule has 32 heavy (non-hydrogen) atoms. The Morgan fingerprint density at radius 3 is 2.19 bits per heavy atom. The van der Waals surface area contributed by atoms with E-state index in [0.717, 1.165) is 11.1 Å². The van der Waals surface area contributed by atoms with E-state index in [1.807, 2.05) is 31.2 Å². The van der Waals surface area contributed by atoms with E-state index in [4.69, 9.17) is 0 Å². The molecule has 1 aliphatic heterocycles. The van der Waals surface area contributed by atoms with Crippen LogP contribution in [-0.2, 0) is 23.7 Å². The monoisotopic (exact) mass is 458 g/mol. The molecule has 0 aliphatic carbocycles. The Bertz CT molecular complexity index is 937. The molecule has 174 valence electrons. The fourth-order valence-corrected chi connectivity index (χ4v) is 4.23. The fourth-order valence-electron chi connectivity index (χ4n) is 4.23. The summed E-state index contributed by atoms with van der Waals surface area (Å²) in [6.07, 6.45) is -9.33. The molecule has 1 amide bonds. The Morgan fingerprint density at radius 2 is 1.62 bits per heavy atom. The van der Waals surface area contributed by atoms with Crippen molar-refractivity contribution in [2.24, 2.45) is 5.92 Å². The molecular formula is C23H24F6N2O. The summed E-state index contributed by atoms with van der Waals surface area (Å²) >= 11 is 0. The molecule has 3 nitrogen and oxygen atoms in total. The number of hydrogen-bond donors (Lipinski definition) is 1. The highest BCUT2D eigenvalue weighted by Gasteiger charge is 2.38. The van der Waals surface area contributed by atoms with Crippen LogP contribution < -0.4 is 5.32 Å². The third-order valence-corrected chi connectivity index (χ3v) is 5.83. The van der Waals surface area contributed by atoms with Gasteiger partial charge in [-0.25, -0.2) is 0 Å². The smallest absolute Gasteiger partial charge is 0.341 e. The third kappa shape index (κ3) is 5.43. The van der Waals surface area contributed by atoms with Crippen LogP contribution in [-0.4, -0.2) is 30.9 Å². The van der Waals surface area contributed by atoms with Crippen LogP contribution in [0.15, 0.2) is 42.5 Å². The summed E-state index contributed by atoms with van der Waals surface area (Å²) in [5.41, 5.74) is -0.964. The van der Waals surface area contributed by atoms with Gasteiger partial charge < -0.3 is 10.2 Å². The van der Waals surface area contributed by atoms with E-state index in [0.29, 0.717) is 31.6 Å². The van der Waals surface area contributed by atoms with Crippen LogP contribution in [0.3, 0.4) is 0 Å². The Morgan fingerprint density at radius 1 is 1.03 bits per heavy atom. The minimum Gasteiger partial charge on any atom is -0.341 e. The van der Waals surface area contributed by atoms with Gasteiger partial charge in [0.15, 0.2) is 0 Å². The van der Waals surface area contributed by atoms with Crippen LogP contribution in [0.4, 0.5) is 26.3 Å². The van der Waals surface area contributed by atoms with Gasteiger partial charge in [-0.15, -0.1) is 0 Å². The molecule has 1 aliphatic rings. The lowest BCUT2D eigenvalue weighted by atomic mass is 9.79. The molecule has 2 atom stereocenters. The van der Waals surface area contributed by atoms with Gasteiger partial charge in [0.25, 0.3) is 0 Å². The van der Waals surface area contributed by atoms with Crippen molar-refractivity contribution in [2.75, 3.05) is 20.1 Å². The normalized spacial score (nSPS) is 19.6. The molecule has 1 heterocycles. The molecular weight excluding hydrogens is 434 g/mol. The second-order valence-electron chi connectivity index (χ2n) is 8.17. The van der Waals surface area contributed by atoms with Gasteiger partial charge in [0, 0.05) is 32.0 Å². The summed E-state index contributed by atoms with van der Waals surface area (Å²) in [7, 11) is 1.41. The SMILES string of the molecule is Cc1ccccc1[C@H]1CNCC[C@@H]1C(=O)N(C)Cc1cc(C(F)(F)F)cc(C(F)(F)F)c1. The Kier molecular flexibility index (Phi) is 6.88. The number of nitrogens with one attached hydrogen (secondary N) is 1. The Labute approximate surface area is 182 Å². The van der Waals surface area contributed by atoms with Gasteiger partial charge in [0.1, 0.15) is 0 Å². The number of alkyl halides is 6. The molecule has 9 heteroatoms. The summed E-state index contributed by atoms with van der Waals surface area (Å²) in [6.45, 7) is 2.76. The molecule has 2 aromatic carbocycles. The summed E-state index contributed by atoms with van der Waals surface area (Å²) in [5, 5.41) is 3.26. The van der Waals surface area contributed by atoms with Crippen molar-refractivity contribution in [1.82, 2.24) is 10.2 Å². The second-order valence-corrected chi connectivity index (χ2v) is 8.17. The van der Waals surface area contributed by atoms with Crippen LogP contribution >= 0.6 is 0 Å². The van der Waals surface area contributed by atoms with Crippen molar-refractivity contribution in [3.8, 4) is 0 Å². The average molecular weight is 458 g/mol. The predicted octanol–water partition coefficient (Wildman–Crippen LogP) is 5.38. The molecule has 0 bridgehead atoms. The molecule has 0 unspecified atom stereocenters. The minimum absolute atomic E-state index is 0.0896. The van der Waals surface area contributed by atoms with Gasteiger partial charge in [-0.05, 0) is 54.8 Å². The van der Waals surface area contributed by atoms with E-state index in [1.54, 1.807) is 0 Å². The van der Waals surface area contributed by atoms with E-state index in [1.165, 1.54) is 11.9 Å². The molecule has 1 fully saturated rings. The summed E-state index contributed by atoms with van der Waals surface area (Å²) in [4.78, 5) is 14.4. The lowest BCUT2D eigenvalue weighted by Crippen LogP contribution is -2.44. The zero-order valence-electron chi connectivity index (χ0n) is 17.6. The second kappa shape index (κ2) is 9.13. The quantitative estimate of drug-likeness (QED) is 0.624. The van der Waals surface area contributed by atoms with E-state index in [-0.39, 0.29) is 30.0 Å². The largest absolute Gasteiger partial charge is 0.416 e. The first-order valence-corrected chi connectivity index (χ1v) is 10.2. The van der Waals surface area contributed by atoms with Crippen LogP contribution in [0.1, 0.15) is 40.2 Å². The van der Waals surface area contributed by atoms with Gasteiger partial charge in [-0.1, -0.05) is 24.3 Å². The van der Waals surface area contributed by atoms with Gasteiger partial charge in [-0.2, -0.15) is 26.3 Å². The van der Waals surface area contributed by atoms with Crippen molar-refractivity contribution in [3.05, 3.63) is 70.3 Å². The first-order valence-electron chi connectivity index (χ1n) is 10.2. The molecule has 3 rings (SSSR count). The third-order valence-electron chi connectivity index (χ3n) is 5.83. The number of benzene rings is 2. The fraction of sp³-hybridized carbons (Fsp3) is 0.435. The number of carbonyl (C=O) groups is 1. The first-order chi connectivity index (χ1) is 14.9. The van der Waals surface area contributed by atoms with Crippen LogP contribution in [0.2, 0.25) is 0 Å². The number of nitrogens with zero attached hydrogens (tertiary/aromatic N) is 1. The lowest BCUT2D eigenvalue weighted by Gasteiger charge is -2.35. The van der Waals surface area contributed by atoms with Crippen LogP contribution in [0, 0.1) is 12.8 Å². The summed E-state index contributed by atoms with van der Waals surface area (Å²) in [5.74, 6) is -0.854. The van der Waals surface area contributed by atoms with Crippen molar-refractivity contribution in [2.45, 2.75) is 38.2 Å². The van der Waals surface area contributed by atoms with Gasteiger partial charge in [0.2, 0.25) is 5.91 Å². The summed E-state index contributed by atoms with van der Waals surface area (Å²) < 4.78 is 78.9. The van der Waals surface area contributed by atoms with Gasteiger partial charge in [-0.3, -0.25) is 4.79 Å². The number of halogens is 6. The number of rotatable bonds is 4. The van der Waals surface area contributed by atoms with Crippen LogP contribution in [0.25, 0.3) is 0 Å².